The van der Waals surface area contributed by atoms with Crippen LogP contribution < -0.4 is 5.32 Å². The standard InChI is InChI=1S/C13H6Br2F2N2/c14-8-2-4-10(9(15)5-8)19-11-3-1-7(6-18)12(16)13(11)17/h1-5,19H. The molecule has 0 spiro atoms. The first-order valence-corrected chi connectivity index (χ1v) is 6.71. The maximum absolute atomic E-state index is 13.7. The maximum Gasteiger partial charge on any atom is 0.183 e. The minimum atomic E-state index is -1.15. The van der Waals surface area contributed by atoms with Crippen molar-refractivity contribution in [3.63, 3.8) is 0 Å². The monoisotopic (exact) mass is 386 g/mol. The molecule has 0 amide bonds. The molecule has 0 saturated heterocycles. The molecule has 0 bridgehead atoms. The van der Waals surface area contributed by atoms with Gasteiger partial charge in [-0.1, -0.05) is 15.9 Å². The van der Waals surface area contributed by atoms with Crippen molar-refractivity contribution in [2.75, 3.05) is 5.32 Å². The van der Waals surface area contributed by atoms with Crippen LogP contribution in [0.5, 0.6) is 0 Å². The Labute approximate surface area is 125 Å². The van der Waals surface area contributed by atoms with Crippen LogP contribution in [0.4, 0.5) is 20.2 Å². The van der Waals surface area contributed by atoms with Crippen molar-refractivity contribution in [3.05, 3.63) is 56.5 Å². The first kappa shape index (κ1) is 14.0. The van der Waals surface area contributed by atoms with Gasteiger partial charge in [-0.05, 0) is 46.3 Å². The first-order valence-electron chi connectivity index (χ1n) is 5.13. The van der Waals surface area contributed by atoms with Gasteiger partial charge in [-0.2, -0.15) is 5.26 Å². The minimum Gasteiger partial charge on any atom is -0.352 e. The van der Waals surface area contributed by atoms with E-state index in [1.54, 1.807) is 24.3 Å². The van der Waals surface area contributed by atoms with Crippen LogP contribution in [-0.4, -0.2) is 0 Å². The van der Waals surface area contributed by atoms with E-state index in [2.05, 4.69) is 37.2 Å². The Hall–Kier alpha value is -1.45. The van der Waals surface area contributed by atoms with Crippen molar-refractivity contribution >= 4 is 43.2 Å². The van der Waals surface area contributed by atoms with Crippen molar-refractivity contribution in [2.24, 2.45) is 0 Å². The summed E-state index contributed by atoms with van der Waals surface area (Å²) >= 11 is 6.61. The minimum absolute atomic E-state index is 0.0282. The van der Waals surface area contributed by atoms with Gasteiger partial charge in [0.05, 0.1) is 16.9 Å². The second kappa shape index (κ2) is 5.68. The lowest BCUT2D eigenvalue weighted by molar-refractivity contribution is 0.509. The molecule has 0 radical (unpaired) electrons. The highest BCUT2D eigenvalue weighted by Crippen LogP contribution is 2.30. The quantitative estimate of drug-likeness (QED) is 0.777. The van der Waals surface area contributed by atoms with Crippen molar-refractivity contribution in [2.45, 2.75) is 0 Å². The molecule has 2 aromatic carbocycles. The number of rotatable bonds is 2. The van der Waals surface area contributed by atoms with Crippen LogP contribution in [0.3, 0.4) is 0 Å². The normalized spacial score (nSPS) is 10.1. The summed E-state index contributed by atoms with van der Waals surface area (Å²) < 4.78 is 28.8. The highest BCUT2D eigenvalue weighted by Gasteiger charge is 2.14. The molecule has 0 aliphatic carbocycles. The molecule has 0 unspecified atom stereocenters. The van der Waals surface area contributed by atoms with Gasteiger partial charge >= 0.3 is 0 Å². The molecule has 2 nitrogen and oxygen atoms in total. The smallest absolute Gasteiger partial charge is 0.183 e. The Bertz CT molecular complexity index is 681. The summed E-state index contributed by atoms with van der Waals surface area (Å²) in [6.45, 7) is 0. The number of hydrogen-bond acceptors (Lipinski definition) is 2. The predicted octanol–water partition coefficient (Wildman–Crippen LogP) is 5.11. The Morgan fingerprint density at radius 2 is 1.68 bits per heavy atom. The van der Waals surface area contributed by atoms with Crippen molar-refractivity contribution in [1.82, 2.24) is 0 Å². The van der Waals surface area contributed by atoms with Gasteiger partial charge in [0, 0.05) is 8.95 Å². The van der Waals surface area contributed by atoms with Crippen LogP contribution in [0, 0.1) is 23.0 Å². The van der Waals surface area contributed by atoms with E-state index in [4.69, 9.17) is 5.26 Å². The van der Waals surface area contributed by atoms with Crippen LogP contribution in [0.2, 0.25) is 0 Å². The van der Waals surface area contributed by atoms with Crippen molar-refractivity contribution < 1.29 is 8.78 Å². The van der Waals surface area contributed by atoms with Crippen LogP contribution in [0.25, 0.3) is 0 Å². The summed E-state index contributed by atoms with van der Waals surface area (Å²) in [6, 6.07) is 9.40. The van der Waals surface area contributed by atoms with Crippen LogP contribution in [-0.2, 0) is 0 Å². The number of benzene rings is 2. The molecule has 96 valence electrons. The third-order valence-corrected chi connectivity index (χ3v) is 3.55. The number of halogens is 4. The van der Waals surface area contributed by atoms with E-state index in [1.807, 2.05) is 0 Å². The second-order valence-corrected chi connectivity index (χ2v) is 5.42. The lowest BCUT2D eigenvalue weighted by Crippen LogP contribution is -1.99. The van der Waals surface area contributed by atoms with E-state index in [0.29, 0.717) is 10.2 Å². The van der Waals surface area contributed by atoms with Crippen molar-refractivity contribution in [1.29, 1.82) is 5.26 Å². The van der Waals surface area contributed by atoms with E-state index in [-0.39, 0.29) is 11.3 Å². The third kappa shape index (κ3) is 2.94. The molecule has 0 saturated carbocycles. The summed E-state index contributed by atoms with van der Waals surface area (Å²) in [5.41, 5.74) is 0.239. The topological polar surface area (TPSA) is 35.8 Å². The predicted molar refractivity (Wildman–Crippen MR) is 76.2 cm³/mol. The van der Waals surface area contributed by atoms with E-state index >= 15 is 0 Å². The number of nitrogens with one attached hydrogen (secondary N) is 1. The molecule has 1 N–H and O–H groups in total. The van der Waals surface area contributed by atoms with Gasteiger partial charge in [0.2, 0.25) is 0 Å². The molecule has 0 aromatic heterocycles. The van der Waals surface area contributed by atoms with Gasteiger partial charge in [0.25, 0.3) is 0 Å². The molecular formula is C13H6Br2F2N2. The Morgan fingerprint density at radius 3 is 2.32 bits per heavy atom. The molecular weight excluding hydrogens is 382 g/mol. The Balaban J connectivity index is 2.39. The van der Waals surface area contributed by atoms with Gasteiger partial charge in [0.15, 0.2) is 11.6 Å². The summed E-state index contributed by atoms with van der Waals surface area (Å²) in [4.78, 5) is 0. The number of nitriles is 1. The van der Waals surface area contributed by atoms with Gasteiger partial charge < -0.3 is 5.32 Å². The highest BCUT2D eigenvalue weighted by molar-refractivity contribution is 9.11. The van der Waals surface area contributed by atoms with E-state index in [0.717, 1.165) is 4.47 Å². The number of hydrogen-bond donors (Lipinski definition) is 1. The zero-order valence-corrected chi connectivity index (χ0v) is 12.5. The average Bonchev–Trinajstić information content (AvgIpc) is 2.38. The summed E-state index contributed by atoms with van der Waals surface area (Å²) in [5.74, 6) is -2.23. The molecule has 2 rings (SSSR count). The lowest BCUT2D eigenvalue weighted by atomic mass is 10.2. The van der Waals surface area contributed by atoms with Crippen LogP contribution in [0.15, 0.2) is 39.3 Å². The van der Waals surface area contributed by atoms with Gasteiger partial charge in [0.1, 0.15) is 6.07 Å². The largest absolute Gasteiger partial charge is 0.352 e. The van der Waals surface area contributed by atoms with Crippen LogP contribution >= 0.6 is 31.9 Å². The molecule has 6 heteroatoms. The van der Waals surface area contributed by atoms with E-state index in [9.17, 15) is 8.78 Å². The molecule has 2 aromatic rings. The summed E-state index contributed by atoms with van der Waals surface area (Å²) in [5, 5.41) is 11.4. The number of anilines is 2. The Kier molecular flexibility index (Phi) is 4.17. The highest BCUT2D eigenvalue weighted by atomic mass is 79.9. The van der Waals surface area contributed by atoms with Gasteiger partial charge in [-0.25, -0.2) is 8.78 Å². The van der Waals surface area contributed by atoms with Gasteiger partial charge in [-0.15, -0.1) is 0 Å². The zero-order valence-electron chi connectivity index (χ0n) is 9.35. The van der Waals surface area contributed by atoms with Crippen molar-refractivity contribution in [3.8, 4) is 6.07 Å². The molecule has 0 aliphatic heterocycles. The average molecular weight is 388 g/mol. The third-order valence-electron chi connectivity index (χ3n) is 2.40. The molecule has 0 fully saturated rings. The molecule has 0 atom stereocenters. The zero-order chi connectivity index (χ0) is 14.0. The molecule has 0 heterocycles. The fraction of sp³-hybridized carbons (Fsp3) is 0. The van der Waals surface area contributed by atoms with E-state index < -0.39 is 11.6 Å². The SMILES string of the molecule is N#Cc1ccc(Nc2ccc(Br)cc2Br)c(F)c1F. The van der Waals surface area contributed by atoms with Gasteiger partial charge in [-0.3, -0.25) is 0 Å². The lowest BCUT2D eigenvalue weighted by Gasteiger charge is -2.10. The summed E-state index contributed by atoms with van der Waals surface area (Å²) in [6.07, 6.45) is 0. The molecule has 0 aliphatic rings. The fourth-order valence-electron chi connectivity index (χ4n) is 1.47. The van der Waals surface area contributed by atoms with Crippen LogP contribution in [0.1, 0.15) is 5.56 Å². The maximum atomic E-state index is 13.7. The Morgan fingerprint density at radius 1 is 1.00 bits per heavy atom. The number of nitrogens with zero attached hydrogens (tertiary/aromatic N) is 1. The molecule has 19 heavy (non-hydrogen) atoms. The first-order chi connectivity index (χ1) is 9.02. The second-order valence-electron chi connectivity index (χ2n) is 3.65. The van der Waals surface area contributed by atoms with E-state index in [1.165, 1.54) is 12.1 Å². The fourth-order valence-corrected chi connectivity index (χ4v) is 2.61. The summed E-state index contributed by atoms with van der Waals surface area (Å²) in [7, 11) is 0.